The van der Waals surface area contributed by atoms with Crippen molar-refractivity contribution in [1.82, 2.24) is 5.43 Å². The molecule has 0 atom stereocenters. The Hall–Kier alpha value is -2.77. The number of nitrogens with one attached hydrogen (secondary N) is 1. The molecule has 0 radical (unpaired) electrons. The molecule has 3 aromatic carbocycles. The lowest BCUT2D eigenvalue weighted by molar-refractivity contribution is 0.0728. The number of amides is 1. The summed E-state index contributed by atoms with van der Waals surface area (Å²) in [6.45, 7) is 2.13. The Labute approximate surface area is 210 Å². The largest absolute Gasteiger partial charge is 0.490 e. The molecule has 1 N–H and O–H groups in total. The number of esters is 1. The maximum Gasteiger partial charge on any atom is 0.345 e. The number of halogens is 4. The summed E-state index contributed by atoms with van der Waals surface area (Å²) in [5.74, 6) is -0.603. The van der Waals surface area contributed by atoms with Gasteiger partial charge >= 0.3 is 5.97 Å². The average Bonchev–Trinajstić information content (AvgIpc) is 2.77. The third-order valence-corrected chi connectivity index (χ3v) is 5.47. The van der Waals surface area contributed by atoms with Crippen molar-refractivity contribution in [2.24, 2.45) is 5.10 Å². The Morgan fingerprint density at radius 3 is 2.39 bits per heavy atom. The number of hydrogen-bond acceptors (Lipinski definition) is 5. The van der Waals surface area contributed by atoms with E-state index in [1.165, 1.54) is 36.5 Å². The van der Waals surface area contributed by atoms with Crippen LogP contribution in [0.1, 0.15) is 33.2 Å². The van der Waals surface area contributed by atoms with Gasteiger partial charge < -0.3 is 9.47 Å². The van der Waals surface area contributed by atoms with E-state index in [2.05, 4.69) is 10.5 Å². The van der Waals surface area contributed by atoms with Crippen LogP contribution in [0.4, 0.5) is 0 Å². The zero-order chi connectivity index (χ0) is 24.0. The molecular weight excluding hydrogens is 510 g/mol. The summed E-state index contributed by atoms with van der Waals surface area (Å²) < 4.78 is 11.0. The molecule has 170 valence electrons. The van der Waals surface area contributed by atoms with Crippen LogP contribution in [0.15, 0.2) is 59.7 Å². The van der Waals surface area contributed by atoms with Crippen molar-refractivity contribution in [3.63, 3.8) is 0 Å². The van der Waals surface area contributed by atoms with Crippen molar-refractivity contribution in [3.05, 3.63) is 91.4 Å². The Morgan fingerprint density at radius 1 is 0.909 bits per heavy atom. The number of hydrogen-bond donors (Lipinski definition) is 1. The van der Waals surface area contributed by atoms with E-state index in [4.69, 9.17) is 55.9 Å². The summed E-state index contributed by atoms with van der Waals surface area (Å²) in [4.78, 5) is 24.7. The summed E-state index contributed by atoms with van der Waals surface area (Å²) in [7, 11) is 0. The molecule has 0 aromatic heterocycles. The maximum atomic E-state index is 12.5. The number of rotatable bonds is 7. The molecular formula is C23H16Cl4N2O4. The smallest absolute Gasteiger partial charge is 0.345 e. The van der Waals surface area contributed by atoms with Gasteiger partial charge in [0.2, 0.25) is 0 Å². The lowest BCUT2D eigenvalue weighted by Crippen LogP contribution is -2.17. The highest BCUT2D eigenvalue weighted by molar-refractivity contribution is 6.42. The maximum absolute atomic E-state index is 12.5. The molecule has 6 nitrogen and oxygen atoms in total. The van der Waals surface area contributed by atoms with Gasteiger partial charge in [-0.1, -0.05) is 46.4 Å². The normalized spacial score (nSPS) is 10.8. The predicted molar refractivity (Wildman–Crippen MR) is 131 cm³/mol. The van der Waals surface area contributed by atoms with Gasteiger partial charge in [-0.2, -0.15) is 5.10 Å². The van der Waals surface area contributed by atoms with Gasteiger partial charge in [0.05, 0.1) is 33.5 Å². The van der Waals surface area contributed by atoms with Gasteiger partial charge in [0.25, 0.3) is 5.91 Å². The molecule has 33 heavy (non-hydrogen) atoms. The molecule has 3 rings (SSSR count). The molecule has 0 aliphatic rings. The van der Waals surface area contributed by atoms with E-state index >= 15 is 0 Å². The molecule has 0 unspecified atom stereocenters. The summed E-state index contributed by atoms with van der Waals surface area (Å²) in [6, 6.07) is 13.8. The van der Waals surface area contributed by atoms with E-state index in [1.807, 2.05) is 0 Å². The van der Waals surface area contributed by atoms with Gasteiger partial charge in [-0.05, 0) is 67.1 Å². The summed E-state index contributed by atoms with van der Waals surface area (Å²) in [5, 5.41) is 5.12. The quantitative estimate of drug-likeness (QED) is 0.161. The van der Waals surface area contributed by atoms with E-state index in [0.717, 1.165) is 0 Å². The molecule has 3 aromatic rings. The number of carbonyl (C=O) groups excluding carboxylic acids is 2. The molecule has 0 spiro atoms. The van der Waals surface area contributed by atoms with Gasteiger partial charge in [-0.25, -0.2) is 10.2 Å². The molecule has 0 bridgehead atoms. The minimum absolute atomic E-state index is 0.166. The summed E-state index contributed by atoms with van der Waals surface area (Å²) in [6.07, 6.45) is 1.42. The molecule has 0 aliphatic carbocycles. The topological polar surface area (TPSA) is 77.0 Å². The second-order valence-corrected chi connectivity index (χ2v) is 8.14. The molecule has 1 amide bonds. The first-order valence-corrected chi connectivity index (χ1v) is 11.0. The third kappa shape index (κ3) is 6.62. The van der Waals surface area contributed by atoms with Crippen LogP contribution in [0.5, 0.6) is 11.5 Å². The zero-order valence-corrected chi connectivity index (χ0v) is 20.1. The monoisotopic (exact) mass is 524 g/mol. The van der Waals surface area contributed by atoms with Crippen LogP contribution in [-0.4, -0.2) is 24.7 Å². The van der Waals surface area contributed by atoms with Crippen LogP contribution in [0.25, 0.3) is 0 Å². The molecule has 0 heterocycles. The van der Waals surface area contributed by atoms with Crippen LogP contribution in [0.2, 0.25) is 20.1 Å². The van der Waals surface area contributed by atoms with E-state index in [-0.39, 0.29) is 21.4 Å². The minimum atomic E-state index is -0.659. The van der Waals surface area contributed by atoms with E-state index in [1.54, 1.807) is 31.2 Å². The Balaban J connectivity index is 1.72. The predicted octanol–water partition coefficient (Wildman–Crippen LogP) is 6.68. The highest BCUT2D eigenvalue weighted by Gasteiger charge is 2.16. The second kappa shape index (κ2) is 11.4. The third-order valence-electron chi connectivity index (χ3n) is 4.18. The number of hydrazone groups is 1. The van der Waals surface area contributed by atoms with Crippen LogP contribution >= 0.6 is 46.4 Å². The fraction of sp³-hybridized carbons (Fsp3) is 0.0870. The molecule has 10 heteroatoms. The number of ether oxygens (including phenoxy) is 2. The van der Waals surface area contributed by atoms with Gasteiger partial charge in [0.15, 0.2) is 11.5 Å². The average molecular weight is 526 g/mol. The van der Waals surface area contributed by atoms with E-state index in [0.29, 0.717) is 33.5 Å². The lowest BCUT2D eigenvalue weighted by Gasteiger charge is -2.12. The van der Waals surface area contributed by atoms with Crippen molar-refractivity contribution >= 4 is 64.5 Å². The summed E-state index contributed by atoms with van der Waals surface area (Å²) >= 11 is 23.7. The molecule has 0 fully saturated rings. The zero-order valence-electron chi connectivity index (χ0n) is 17.1. The first-order valence-electron chi connectivity index (χ1n) is 9.51. The highest BCUT2D eigenvalue weighted by atomic mass is 35.5. The van der Waals surface area contributed by atoms with Crippen LogP contribution in [-0.2, 0) is 0 Å². The van der Waals surface area contributed by atoms with Gasteiger partial charge in [0.1, 0.15) is 0 Å². The van der Waals surface area contributed by atoms with Gasteiger partial charge in [0, 0.05) is 10.6 Å². The molecule has 0 saturated heterocycles. The molecule has 0 saturated carbocycles. The SMILES string of the molecule is CCOc1cc(/C=N\NC(=O)c2ccc(Cl)c(Cl)c2)ccc1OC(=O)c1ccc(Cl)cc1Cl. The van der Waals surface area contributed by atoms with Crippen LogP contribution in [0.3, 0.4) is 0 Å². The van der Waals surface area contributed by atoms with E-state index in [9.17, 15) is 9.59 Å². The Kier molecular flexibility index (Phi) is 8.58. The highest BCUT2D eigenvalue weighted by Crippen LogP contribution is 2.30. The number of benzene rings is 3. The van der Waals surface area contributed by atoms with Crippen molar-refractivity contribution in [1.29, 1.82) is 0 Å². The standard InChI is InChI=1S/C23H16Cl4N2O4/c1-2-32-21-9-13(12-28-29-22(30)14-4-7-17(25)19(27)10-14)3-8-20(21)33-23(31)16-6-5-15(24)11-18(16)26/h3-12H,2H2,1H3,(H,29,30)/b28-12-. The van der Waals surface area contributed by atoms with Gasteiger partial charge in [-0.15, -0.1) is 0 Å². The minimum Gasteiger partial charge on any atom is -0.490 e. The van der Waals surface area contributed by atoms with Crippen molar-refractivity contribution in [2.45, 2.75) is 6.92 Å². The van der Waals surface area contributed by atoms with Crippen molar-refractivity contribution < 1.29 is 19.1 Å². The molecule has 0 aliphatic heterocycles. The van der Waals surface area contributed by atoms with E-state index < -0.39 is 11.9 Å². The van der Waals surface area contributed by atoms with Crippen LogP contribution in [0, 0.1) is 0 Å². The van der Waals surface area contributed by atoms with Crippen molar-refractivity contribution in [2.75, 3.05) is 6.61 Å². The number of nitrogens with zero attached hydrogens (tertiary/aromatic N) is 1. The fourth-order valence-corrected chi connectivity index (χ4v) is 3.42. The van der Waals surface area contributed by atoms with Gasteiger partial charge in [-0.3, -0.25) is 4.79 Å². The second-order valence-electron chi connectivity index (χ2n) is 6.48. The number of carbonyl (C=O) groups is 2. The van der Waals surface area contributed by atoms with Crippen molar-refractivity contribution in [3.8, 4) is 11.5 Å². The first kappa shape index (κ1) is 24.9. The lowest BCUT2D eigenvalue weighted by atomic mass is 10.2. The fourth-order valence-electron chi connectivity index (χ4n) is 2.63. The first-order chi connectivity index (χ1) is 15.8. The Bertz CT molecular complexity index is 1230. The Morgan fingerprint density at radius 2 is 1.70 bits per heavy atom. The summed E-state index contributed by atoms with van der Waals surface area (Å²) in [5.41, 5.74) is 3.47. The van der Waals surface area contributed by atoms with Crippen LogP contribution < -0.4 is 14.9 Å².